The lowest BCUT2D eigenvalue weighted by Crippen LogP contribution is -2.23. The second-order valence-electron chi connectivity index (χ2n) is 4.39. The maximum absolute atomic E-state index is 12.0. The SMILES string of the molecule is CCCOc1cc(CNC(=O)c2ccncc2Cl)ccn1. The molecular weight excluding hydrogens is 290 g/mol. The zero-order valence-corrected chi connectivity index (χ0v) is 12.4. The first-order valence-corrected chi connectivity index (χ1v) is 7.04. The van der Waals surface area contributed by atoms with Crippen LogP contribution in [0.3, 0.4) is 0 Å². The lowest BCUT2D eigenvalue weighted by Gasteiger charge is -2.08. The number of pyridine rings is 2. The van der Waals surface area contributed by atoms with Gasteiger partial charge in [-0.25, -0.2) is 4.98 Å². The fourth-order valence-corrected chi connectivity index (χ4v) is 1.89. The number of hydrogen-bond donors (Lipinski definition) is 1. The van der Waals surface area contributed by atoms with E-state index in [2.05, 4.69) is 15.3 Å². The summed E-state index contributed by atoms with van der Waals surface area (Å²) in [5, 5.41) is 3.14. The lowest BCUT2D eigenvalue weighted by atomic mass is 10.2. The Labute approximate surface area is 128 Å². The van der Waals surface area contributed by atoms with E-state index in [0.29, 0.717) is 29.6 Å². The first-order valence-electron chi connectivity index (χ1n) is 6.66. The van der Waals surface area contributed by atoms with E-state index in [1.54, 1.807) is 12.3 Å². The van der Waals surface area contributed by atoms with Crippen molar-refractivity contribution in [2.75, 3.05) is 6.61 Å². The van der Waals surface area contributed by atoms with Crippen LogP contribution >= 0.6 is 11.6 Å². The Morgan fingerprint density at radius 3 is 3.00 bits per heavy atom. The zero-order valence-electron chi connectivity index (χ0n) is 11.7. The first-order chi connectivity index (χ1) is 10.2. The highest BCUT2D eigenvalue weighted by molar-refractivity contribution is 6.33. The molecule has 2 heterocycles. The number of halogens is 1. The van der Waals surface area contributed by atoms with Gasteiger partial charge >= 0.3 is 0 Å². The van der Waals surface area contributed by atoms with Gasteiger partial charge in [-0.05, 0) is 24.1 Å². The van der Waals surface area contributed by atoms with Gasteiger partial charge in [0.25, 0.3) is 5.91 Å². The number of nitrogens with zero attached hydrogens (tertiary/aromatic N) is 2. The number of aromatic nitrogens is 2. The molecule has 0 bridgehead atoms. The largest absolute Gasteiger partial charge is 0.478 e. The van der Waals surface area contributed by atoms with Gasteiger partial charge in [-0.15, -0.1) is 0 Å². The Bertz CT molecular complexity index is 619. The molecule has 0 saturated carbocycles. The summed E-state index contributed by atoms with van der Waals surface area (Å²) in [6.45, 7) is 3.03. The van der Waals surface area contributed by atoms with Crippen LogP contribution in [-0.4, -0.2) is 22.5 Å². The van der Waals surface area contributed by atoms with E-state index in [1.165, 1.54) is 12.4 Å². The number of carbonyl (C=O) groups excluding carboxylic acids is 1. The van der Waals surface area contributed by atoms with Gasteiger partial charge in [-0.2, -0.15) is 0 Å². The summed E-state index contributed by atoms with van der Waals surface area (Å²) < 4.78 is 5.45. The van der Waals surface area contributed by atoms with Crippen LogP contribution in [0.2, 0.25) is 5.02 Å². The second kappa shape index (κ2) is 7.59. The predicted octanol–water partition coefficient (Wildman–Crippen LogP) is 2.85. The fraction of sp³-hybridized carbons (Fsp3) is 0.267. The quantitative estimate of drug-likeness (QED) is 0.891. The highest BCUT2D eigenvalue weighted by atomic mass is 35.5. The summed E-state index contributed by atoms with van der Waals surface area (Å²) in [6.07, 6.45) is 5.55. The molecule has 0 unspecified atom stereocenters. The predicted molar refractivity (Wildman–Crippen MR) is 80.4 cm³/mol. The van der Waals surface area contributed by atoms with Crippen LogP contribution in [-0.2, 0) is 6.54 Å². The molecule has 0 radical (unpaired) electrons. The summed E-state index contributed by atoms with van der Waals surface area (Å²) in [5.74, 6) is 0.320. The van der Waals surface area contributed by atoms with Crippen LogP contribution in [0.1, 0.15) is 29.3 Å². The van der Waals surface area contributed by atoms with Crippen LogP contribution in [0.15, 0.2) is 36.8 Å². The number of ether oxygens (including phenoxy) is 1. The topological polar surface area (TPSA) is 64.1 Å². The summed E-state index contributed by atoms with van der Waals surface area (Å²) in [7, 11) is 0. The lowest BCUT2D eigenvalue weighted by molar-refractivity contribution is 0.0951. The van der Waals surface area contributed by atoms with Crippen molar-refractivity contribution in [1.82, 2.24) is 15.3 Å². The molecule has 0 aromatic carbocycles. The van der Waals surface area contributed by atoms with Gasteiger partial charge in [-0.3, -0.25) is 9.78 Å². The summed E-state index contributed by atoms with van der Waals surface area (Å²) in [6, 6.07) is 5.22. The molecule has 0 saturated heterocycles. The minimum atomic E-state index is -0.241. The van der Waals surface area contributed by atoms with Gasteiger partial charge in [0, 0.05) is 31.2 Å². The van der Waals surface area contributed by atoms with Crippen molar-refractivity contribution in [3.8, 4) is 5.88 Å². The van der Waals surface area contributed by atoms with Gasteiger partial charge in [0.05, 0.1) is 17.2 Å². The highest BCUT2D eigenvalue weighted by Gasteiger charge is 2.09. The van der Waals surface area contributed by atoms with Crippen molar-refractivity contribution in [2.45, 2.75) is 19.9 Å². The van der Waals surface area contributed by atoms with E-state index in [4.69, 9.17) is 16.3 Å². The molecule has 1 N–H and O–H groups in total. The average molecular weight is 306 g/mol. The van der Waals surface area contributed by atoms with E-state index >= 15 is 0 Å². The molecule has 0 aliphatic carbocycles. The van der Waals surface area contributed by atoms with Crippen molar-refractivity contribution >= 4 is 17.5 Å². The molecule has 2 aromatic heterocycles. The number of carbonyl (C=O) groups is 1. The van der Waals surface area contributed by atoms with Gasteiger partial charge < -0.3 is 10.1 Å². The number of amides is 1. The van der Waals surface area contributed by atoms with Gasteiger partial charge in [-0.1, -0.05) is 18.5 Å². The maximum Gasteiger partial charge on any atom is 0.253 e. The normalized spacial score (nSPS) is 10.2. The molecule has 0 fully saturated rings. The minimum Gasteiger partial charge on any atom is -0.478 e. The summed E-state index contributed by atoms with van der Waals surface area (Å²) >= 11 is 5.93. The Kier molecular flexibility index (Phi) is 5.51. The van der Waals surface area contributed by atoms with Crippen molar-refractivity contribution < 1.29 is 9.53 Å². The molecule has 0 spiro atoms. The molecule has 21 heavy (non-hydrogen) atoms. The van der Waals surface area contributed by atoms with Crippen LogP contribution in [0.4, 0.5) is 0 Å². The van der Waals surface area contributed by atoms with E-state index < -0.39 is 0 Å². The smallest absolute Gasteiger partial charge is 0.253 e. The maximum atomic E-state index is 12.0. The fourth-order valence-electron chi connectivity index (χ4n) is 1.68. The molecule has 2 aromatic rings. The zero-order chi connectivity index (χ0) is 15.1. The number of hydrogen-bond acceptors (Lipinski definition) is 4. The Morgan fingerprint density at radius 1 is 1.38 bits per heavy atom. The molecule has 6 heteroatoms. The van der Waals surface area contributed by atoms with Gasteiger partial charge in [0.2, 0.25) is 5.88 Å². The Hall–Kier alpha value is -2.14. The number of nitrogens with one attached hydrogen (secondary N) is 1. The van der Waals surface area contributed by atoms with Crippen molar-refractivity contribution in [1.29, 1.82) is 0 Å². The van der Waals surface area contributed by atoms with Crippen LogP contribution in [0, 0.1) is 0 Å². The first kappa shape index (κ1) is 15.3. The van der Waals surface area contributed by atoms with Crippen LogP contribution in [0.5, 0.6) is 5.88 Å². The second-order valence-corrected chi connectivity index (χ2v) is 4.80. The monoisotopic (exact) mass is 305 g/mol. The van der Waals surface area contributed by atoms with Crippen molar-refractivity contribution in [3.05, 3.63) is 52.9 Å². The van der Waals surface area contributed by atoms with E-state index in [0.717, 1.165) is 12.0 Å². The van der Waals surface area contributed by atoms with E-state index in [9.17, 15) is 4.79 Å². The highest BCUT2D eigenvalue weighted by Crippen LogP contribution is 2.14. The van der Waals surface area contributed by atoms with Gasteiger partial charge in [0.1, 0.15) is 0 Å². The molecule has 0 aliphatic rings. The molecule has 2 rings (SSSR count). The summed E-state index contributed by atoms with van der Waals surface area (Å²) in [5.41, 5.74) is 1.32. The summed E-state index contributed by atoms with van der Waals surface area (Å²) in [4.78, 5) is 20.0. The molecule has 5 nitrogen and oxygen atoms in total. The van der Waals surface area contributed by atoms with Gasteiger partial charge in [0.15, 0.2) is 0 Å². The standard InChI is InChI=1S/C15H16ClN3O2/c1-2-7-21-14-8-11(3-6-18-14)9-19-15(20)12-4-5-17-10-13(12)16/h3-6,8,10H,2,7,9H2,1H3,(H,19,20). The third kappa shape index (κ3) is 4.43. The molecule has 0 aliphatic heterocycles. The van der Waals surface area contributed by atoms with E-state index in [-0.39, 0.29) is 5.91 Å². The van der Waals surface area contributed by atoms with Crippen LogP contribution < -0.4 is 10.1 Å². The molecule has 1 amide bonds. The van der Waals surface area contributed by atoms with Crippen molar-refractivity contribution in [3.63, 3.8) is 0 Å². The molecule has 110 valence electrons. The third-order valence-corrected chi connectivity index (χ3v) is 3.02. The average Bonchev–Trinajstić information content (AvgIpc) is 2.51. The Morgan fingerprint density at radius 2 is 2.24 bits per heavy atom. The van der Waals surface area contributed by atoms with E-state index in [1.807, 2.05) is 19.1 Å². The third-order valence-electron chi connectivity index (χ3n) is 2.72. The Balaban J connectivity index is 1.96. The van der Waals surface area contributed by atoms with Crippen LogP contribution in [0.25, 0.3) is 0 Å². The molecule has 0 atom stereocenters. The molecular formula is C15H16ClN3O2. The number of rotatable bonds is 6. The minimum absolute atomic E-state index is 0.241. The van der Waals surface area contributed by atoms with Crippen molar-refractivity contribution in [2.24, 2.45) is 0 Å².